The Bertz CT molecular complexity index is 569. The minimum Gasteiger partial charge on any atom is -0.464 e. The third kappa shape index (κ3) is 1.48. The molecule has 0 bridgehead atoms. The van der Waals surface area contributed by atoms with Gasteiger partial charge in [-0.15, -0.1) is 0 Å². The lowest BCUT2D eigenvalue weighted by molar-refractivity contribution is 0.0597. The Labute approximate surface area is 93.2 Å². The average Bonchev–Trinajstić information content (AvgIpc) is 2.67. The highest BCUT2D eigenvalue weighted by Crippen LogP contribution is 2.18. The van der Waals surface area contributed by atoms with Crippen molar-refractivity contribution in [3.05, 3.63) is 42.5 Å². The molecule has 2 rings (SSSR count). The minimum absolute atomic E-state index is 0.320. The average molecular weight is 216 g/mol. The van der Waals surface area contributed by atoms with Gasteiger partial charge in [-0.3, -0.25) is 4.40 Å². The molecular weight excluding hydrogens is 204 g/mol. The van der Waals surface area contributed by atoms with Gasteiger partial charge in [-0.2, -0.15) is 0 Å². The lowest BCUT2D eigenvalue weighted by Crippen LogP contribution is -2.02. The van der Waals surface area contributed by atoms with Gasteiger partial charge in [0, 0.05) is 6.20 Å². The summed E-state index contributed by atoms with van der Waals surface area (Å²) in [7, 11) is 1.34. The molecule has 0 aliphatic heterocycles. The van der Waals surface area contributed by atoms with Crippen molar-refractivity contribution in [2.75, 3.05) is 7.11 Å². The second-order valence-corrected chi connectivity index (χ2v) is 3.51. The first-order valence-electron chi connectivity index (χ1n) is 4.86. The van der Waals surface area contributed by atoms with Gasteiger partial charge < -0.3 is 4.74 Å². The van der Waals surface area contributed by atoms with Crippen molar-refractivity contribution in [2.45, 2.75) is 6.92 Å². The zero-order chi connectivity index (χ0) is 11.7. The van der Waals surface area contributed by atoms with Crippen LogP contribution < -0.4 is 0 Å². The second kappa shape index (κ2) is 3.81. The third-order valence-corrected chi connectivity index (χ3v) is 2.31. The van der Waals surface area contributed by atoms with Crippen molar-refractivity contribution in [1.82, 2.24) is 9.38 Å². The van der Waals surface area contributed by atoms with Crippen LogP contribution in [0, 0.1) is 0 Å². The van der Waals surface area contributed by atoms with Crippen molar-refractivity contribution in [1.29, 1.82) is 0 Å². The Morgan fingerprint density at radius 3 is 2.88 bits per heavy atom. The molecule has 0 aromatic carbocycles. The first-order valence-corrected chi connectivity index (χ1v) is 4.86. The van der Waals surface area contributed by atoms with E-state index in [4.69, 9.17) is 4.74 Å². The number of carbonyl (C=O) groups excluding carboxylic acids is 1. The standard InChI is InChI=1S/C12H12N2O2/c1-8(2)11-13-10(12(15)16-3)9-6-4-5-7-14(9)11/h4-7H,1H2,2-3H3. The van der Waals surface area contributed by atoms with Crippen molar-refractivity contribution >= 4 is 17.1 Å². The van der Waals surface area contributed by atoms with Gasteiger partial charge in [0.1, 0.15) is 5.82 Å². The van der Waals surface area contributed by atoms with E-state index in [0.717, 1.165) is 11.1 Å². The van der Waals surface area contributed by atoms with Gasteiger partial charge in [0.05, 0.1) is 12.6 Å². The summed E-state index contributed by atoms with van der Waals surface area (Å²) in [5.41, 5.74) is 1.85. The maximum Gasteiger partial charge on any atom is 0.358 e. The molecule has 16 heavy (non-hydrogen) atoms. The predicted molar refractivity (Wildman–Crippen MR) is 61.2 cm³/mol. The highest BCUT2D eigenvalue weighted by atomic mass is 16.5. The fourth-order valence-electron chi connectivity index (χ4n) is 1.59. The van der Waals surface area contributed by atoms with E-state index in [2.05, 4.69) is 11.6 Å². The van der Waals surface area contributed by atoms with Crippen LogP contribution in [0.1, 0.15) is 23.2 Å². The fourth-order valence-corrected chi connectivity index (χ4v) is 1.59. The van der Waals surface area contributed by atoms with Crippen molar-refractivity contribution < 1.29 is 9.53 Å². The van der Waals surface area contributed by atoms with Crippen LogP contribution in [0.3, 0.4) is 0 Å². The molecule has 0 spiro atoms. The number of carbonyl (C=O) groups is 1. The normalized spacial score (nSPS) is 10.4. The third-order valence-electron chi connectivity index (χ3n) is 2.31. The van der Waals surface area contributed by atoms with Gasteiger partial charge in [-0.1, -0.05) is 12.6 Å². The maximum absolute atomic E-state index is 11.5. The number of imidazole rings is 1. The molecule has 0 fully saturated rings. The van der Waals surface area contributed by atoms with E-state index in [0.29, 0.717) is 11.5 Å². The summed E-state index contributed by atoms with van der Waals surface area (Å²) in [5.74, 6) is 0.243. The molecule has 4 heteroatoms. The molecule has 82 valence electrons. The number of fused-ring (bicyclic) bond motifs is 1. The fraction of sp³-hybridized carbons (Fsp3) is 0.167. The quantitative estimate of drug-likeness (QED) is 0.722. The number of pyridine rings is 1. The van der Waals surface area contributed by atoms with Crippen LogP contribution in [-0.4, -0.2) is 22.5 Å². The molecule has 0 radical (unpaired) electrons. The summed E-state index contributed by atoms with van der Waals surface area (Å²) in [6, 6.07) is 5.56. The van der Waals surface area contributed by atoms with Crippen LogP contribution in [0.5, 0.6) is 0 Å². The Hall–Kier alpha value is -2.10. The molecule has 2 aromatic heterocycles. The number of esters is 1. The summed E-state index contributed by atoms with van der Waals surface area (Å²) in [6.07, 6.45) is 1.85. The molecule has 0 amide bonds. The highest BCUT2D eigenvalue weighted by molar-refractivity contribution is 5.95. The lowest BCUT2D eigenvalue weighted by Gasteiger charge is -1.98. The van der Waals surface area contributed by atoms with E-state index in [1.54, 1.807) is 0 Å². The predicted octanol–water partition coefficient (Wildman–Crippen LogP) is 2.15. The highest BCUT2D eigenvalue weighted by Gasteiger charge is 2.17. The number of hydrogen-bond acceptors (Lipinski definition) is 3. The van der Waals surface area contributed by atoms with E-state index >= 15 is 0 Å². The molecular formula is C12H12N2O2. The van der Waals surface area contributed by atoms with Crippen molar-refractivity contribution in [3.63, 3.8) is 0 Å². The zero-order valence-corrected chi connectivity index (χ0v) is 9.23. The molecule has 0 atom stereocenters. The lowest BCUT2D eigenvalue weighted by atomic mass is 10.3. The van der Waals surface area contributed by atoms with Gasteiger partial charge in [0.25, 0.3) is 0 Å². The Balaban J connectivity index is 2.76. The van der Waals surface area contributed by atoms with Crippen LogP contribution >= 0.6 is 0 Å². The first-order chi connectivity index (χ1) is 7.65. The minimum atomic E-state index is -0.434. The van der Waals surface area contributed by atoms with E-state index in [1.165, 1.54) is 7.11 Å². The zero-order valence-electron chi connectivity index (χ0n) is 9.23. The first kappa shape index (κ1) is 10.4. The Morgan fingerprint density at radius 2 is 2.25 bits per heavy atom. The Kier molecular flexibility index (Phi) is 2.48. The largest absolute Gasteiger partial charge is 0.464 e. The van der Waals surface area contributed by atoms with Crippen LogP contribution in [0.15, 0.2) is 31.0 Å². The van der Waals surface area contributed by atoms with Gasteiger partial charge in [-0.05, 0) is 24.6 Å². The molecule has 2 heterocycles. The number of ether oxygens (including phenoxy) is 1. The van der Waals surface area contributed by atoms with E-state index in [-0.39, 0.29) is 0 Å². The maximum atomic E-state index is 11.5. The van der Waals surface area contributed by atoms with Crippen molar-refractivity contribution in [3.8, 4) is 0 Å². The van der Waals surface area contributed by atoms with Crippen molar-refractivity contribution in [2.24, 2.45) is 0 Å². The number of methoxy groups -OCH3 is 1. The molecule has 0 saturated carbocycles. The molecule has 0 N–H and O–H groups in total. The van der Waals surface area contributed by atoms with Gasteiger partial charge in [0.2, 0.25) is 0 Å². The number of allylic oxidation sites excluding steroid dienone is 1. The number of aromatic nitrogens is 2. The Morgan fingerprint density at radius 1 is 1.50 bits per heavy atom. The number of nitrogens with zero attached hydrogens (tertiary/aromatic N) is 2. The van der Waals surface area contributed by atoms with Gasteiger partial charge >= 0.3 is 5.97 Å². The SMILES string of the molecule is C=C(C)c1nc(C(=O)OC)c2ccccn12. The van der Waals surface area contributed by atoms with Crippen LogP contribution in [0.25, 0.3) is 11.1 Å². The number of hydrogen-bond donors (Lipinski definition) is 0. The molecule has 0 aliphatic rings. The summed E-state index contributed by atoms with van der Waals surface area (Å²) >= 11 is 0. The van der Waals surface area contributed by atoms with Gasteiger partial charge in [0.15, 0.2) is 5.69 Å². The molecule has 4 nitrogen and oxygen atoms in total. The summed E-state index contributed by atoms with van der Waals surface area (Å²) < 4.78 is 6.52. The van der Waals surface area contributed by atoms with E-state index in [1.807, 2.05) is 35.7 Å². The molecule has 0 saturated heterocycles. The van der Waals surface area contributed by atoms with Crippen LogP contribution in [0.2, 0.25) is 0 Å². The van der Waals surface area contributed by atoms with Crippen LogP contribution in [-0.2, 0) is 4.74 Å². The summed E-state index contributed by atoms with van der Waals surface area (Å²) in [4.78, 5) is 15.8. The van der Waals surface area contributed by atoms with Crippen LogP contribution in [0.4, 0.5) is 0 Å². The second-order valence-electron chi connectivity index (χ2n) is 3.51. The van der Waals surface area contributed by atoms with E-state index in [9.17, 15) is 4.79 Å². The summed E-state index contributed by atoms with van der Waals surface area (Å²) in [5, 5.41) is 0. The molecule has 0 unspecified atom stereocenters. The number of rotatable bonds is 2. The molecule has 2 aromatic rings. The molecule has 0 aliphatic carbocycles. The van der Waals surface area contributed by atoms with Gasteiger partial charge in [-0.25, -0.2) is 9.78 Å². The van der Waals surface area contributed by atoms with E-state index < -0.39 is 5.97 Å². The smallest absolute Gasteiger partial charge is 0.358 e. The summed E-state index contributed by atoms with van der Waals surface area (Å²) in [6.45, 7) is 5.69. The monoisotopic (exact) mass is 216 g/mol. The topological polar surface area (TPSA) is 43.6 Å².